The van der Waals surface area contributed by atoms with Crippen molar-refractivity contribution >= 4 is 17.7 Å². The van der Waals surface area contributed by atoms with E-state index >= 15 is 0 Å². The third-order valence-corrected chi connectivity index (χ3v) is 6.14. The molecule has 1 saturated heterocycles. The summed E-state index contributed by atoms with van der Waals surface area (Å²) < 4.78 is 31.2. The molecule has 0 N–H and O–H groups in total. The molecule has 1 amide bonds. The summed E-state index contributed by atoms with van der Waals surface area (Å²) in [6.07, 6.45) is 3.23. The summed E-state index contributed by atoms with van der Waals surface area (Å²) in [5.74, 6) is -3.16. The third-order valence-electron chi connectivity index (χ3n) is 6.14. The van der Waals surface area contributed by atoms with E-state index in [4.69, 9.17) is 4.74 Å². The number of ether oxygens (including phenoxy) is 1. The normalized spacial score (nSPS) is 27.7. The Bertz CT molecular complexity index is 782. The van der Waals surface area contributed by atoms with Gasteiger partial charge in [0.1, 0.15) is 0 Å². The van der Waals surface area contributed by atoms with Gasteiger partial charge in [-0.3, -0.25) is 14.4 Å². The Balaban J connectivity index is 1.55. The minimum absolute atomic E-state index is 0.0557. The largest absolute Gasteiger partial charge is 0.457 e. The lowest BCUT2D eigenvalue weighted by molar-refractivity contribution is -0.147. The quantitative estimate of drug-likeness (QED) is 0.568. The lowest BCUT2D eigenvalue weighted by Gasteiger charge is -2.39. The van der Waals surface area contributed by atoms with Crippen molar-refractivity contribution in [3.8, 4) is 0 Å². The first-order valence-electron chi connectivity index (χ1n) is 9.72. The fourth-order valence-electron chi connectivity index (χ4n) is 4.21. The van der Waals surface area contributed by atoms with E-state index < -0.39 is 35.9 Å². The number of carbonyl (C=O) groups excluding carboxylic acids is 3. The number of esters is 1. The van der Waals surface area contributed by atoms with Crippen LogP contribution in [0.2, 0.25) is 0 Å². The van der Waals surface area contributed by atoms with E-state index in [1.54, 1.807) is 4.90 Å². The Morgan fingerprint density at radius 2 is 1.93 bits per heavy atom. The van der Waals surface area contributed by atoms with Gasteiger partial charge in [-0.2, -0.15) is 0 Å². The second-order valence-electron chi connectivity index (χ2n) is 7.94. The predicted octanol–water partition coefficient (Wildman–Crippen LogP) is 3.36. The molecule has 3 rings (SSSR count). The molecule has 1 saturated carbocycles. The maximum absolute atomic E-state index is 13.2. The number of hydrogen-bond acceptors (Lipinski definition) is 4. The van der Waals surface area contributed by atoms with Crippen LogP contribution in [0.1, 0.15) is 49.9 Å². The first-order valence-corrected chi connectivity index (χ1v) is 9.72. The Kier molecular flexibility index (Phi) is 6.10. The van der Waals surface area contributed by atoms with Gasteiger partial charge in [-0.25, -0.2) is 8.78 Å². The molecule has 1 aliphatic carbocycles. The topological polar surface area (TPSA) is 63.7 Å². The summed E-state index contributed by atoms with van der Waals surface area (Å²) in [4.78, 5) is 38.6. The molecule has 7 heteroatoms. The van der Waals surface area contributed by atoms with Gasteiger partial charge in [-0.15, -0.1) is 0 Å². The van der Waals surface area contributed by atoms with Crippen LogP contribution in [0.25, 0.3) is 0 Å². The molecular formula is C21H25F2NO4. The van der Waals surface area contributed by atoms with Gasteiger partial charge in [-0.05, 0) is 36.5 Å². The number of benzene rings is 1. The first-order chi connectivity index (χ1) is 13.3. The summed E-state index contributed by atoms with van der Waals surface area (Å²) in [5.41, 5.74) is -0.0687. The summed E-state index contributed by atoms with van der Waals surface area (Å²) in [7, 11) is 0. The van der Waals surface area contributed by atoms with Crippen LogP contribution in [0, 0.1) is 29.4 Å². The van der Waals surface area contributed by atoms with Crippen LogP contribution in [0.5, 0.6) is 0 Å². The van der Waals surface area contributed by atoms with Crippen LogP contribution >= 0.6 is 0 Å². The number of amides is 1. The first kappa shape index (κ1) is 20.4. The number of hydrogen-bond donors (Lipinski definition) is 0. The molecule has 1 aliphatic heterocycles. The van der Waals surface area contributed by atoms with E-state index in [1.165, 1.54) is 0 Å². The van der Waals surface area contributed by atoms with Gasteiger partial charge in [-0.1, -0.05) is 26.7 Å². The monoisotopic (exact) mass is 393 g/mol. The highest BCUT2D eigenvalue weighted by atomic mass is 19.2. The number of nitrogens with zero attached hydrogens (tertiary/aromatic N) is 1. The summed E-state index contributed by atoms with van der Waals surface area (Å²) >= 11 is 0. The highest BCUT2D eigenvalue weighted by Gasteiger charge is 2.42. The summed E-state index contributed by atoms with van der Waals surface area (Å²) in [6, 6.07) is 2.90. The molecule has 1 heterocycles. The standard InChI is InChI=1S/C21H25F2NO4/c1-12-4-3-5-18(13(12)2)24-10-15(9-20(24)26)21(27)28-11-19(25)14-6-7-16(22)17(23)8-14/h6-8,12-13,15,18H,3-5,9-11H2,1-2H3/t12-,13-,15-,18-/m1/s1. The average Bonchev–Trinajstić information content (AvgIpc) is 3.05. The van der Waals surface area contributed by atoms with Crippen molar-refractivity contribution in [3.63, 3.8) is 0 Å². The smallest absolute Gasteiger partial charge is 0.311 e. The third kappa shape index (κ3) is 4.23. The maximum atomic E-state index is 13.2. The van der Waals surface area contributed by atoms with E-state index in [-0.39, 0.29) is 23.9 Å². The van der Waals surface area contributed by atoms with Crippen LogP contribution < -0.4 is 0 Å². The zero-order chi connectivity index (χ0) is 20.4. The molecule has 4 atom stereocenters. The number of Topliss-reactive ketones (excluding diaryl/α,β-unsaturated/α-hetero) is 1. The van der Waals surface area contributed by atoms with Crippen LogP contribution in [-0.2, 0) is 14.3 Å². The molecule has 0 aromatic heterocycles. The van der Waals surface area contributed by atoms with Crippen molar-refractivity contribution in [3.05, 3.63) is 35.4 Å². The number of halogens is 2. The molecule has 0 unspecified atom stereocenters. The van der Waals surface area contributed by atoms with Crippen molar-refractivity contribution < 1.29 is 27.9 Å². The van der Waals surface area contributed by atoms with Crippen LogP contribution in [0.15, 0.2) is 18.2 Å². The van der Waals surface area contributed by atoms with Crippen molar-refractivity contribution in [2.24, 2.45) is 17.8 Å². The van der Waals surface area contributed by atoms with E-state index in [9.17, 15) is 23.2 Å². The molecule has 28 heavy (non-hydrogen) atoms. The maximum Gasteiger partial charge on any atom is 0.311 e. The minimum atomic E-state index is -1.13. The molecular weight excluding hydrogens is 368 g/mol. The molecule has 5 nitrogen and oxygen atoms in total. The number of carbonyl (C=O) groups is 3. The molecule has 2 aliphatic rings. The molecule has 0 radical (unpaired) electrons. The fraction of sp³-hybridized carbons (Fsp3) is 0.571. The molecule has 0 bridgehead atoms. The molecule has 1 aromatic carbocycles. The predicted molar refractivity (Wildman–Crippen MR) is 97.4 cm³/mol. The van der Waals surface area contributed by atoms with Crippen molar-refractivity contribution in [1.29, 1.82) is 0 Å². The van der Waals surface area contributed by atoms with E-state index in [0.717, 1.165) is 37.5 Å². The van der Waals surface area contributed by atoms with Crippen LogP contribution in [0.3, 0.4) is 0 Å². The highest BCUT2D eigenvalue weighted by molar-refractivity contribution is 5.98. The second-order valence-corrected chi connectivity index (χ2v) is 7.94. The molecule has 2 fully saturated rings. The molecule has 152 valence electrons. The van der Waals surface area contributed by atoms with Gasteiger partial charge >= 0.3 is 5.97 Å². The zero-order valence-electron chi connectivity index (χ0n) is 16.1. The van der Waals surface area contributed by atoms with Gasteiger partial charge in [0.25, 0.3) is 0 Å². The fourth-order valence-corrected chi connectivity index (χ4v) is 4.21. The number of rotatable bonds is 5. The zero-order valence-corrected chi connectivity index (χ0v) is 16.1. The minimum Gasteiger partial charge on any atom is -0.457 e. The summed E-state index contributed by atoms with van der Waals surface area (Å²) in [6.45, 7) is 4.07. The van der Waals surface area contributed by atoms with Gasteiger partial charge in [0, 0.05) is 24.6 Å². The van der Waals surface area contributed by atoms with Gasteiger partial charge in [0.2, 0.25) is 5.91 Å². The van der Waals surface area contributed by atoms with Gasteiger partial charge in [0.15, 0.2) is 24.0 Å². The van der Waals surface area contributed by atoms with E-state index in [0.29, 0.717) is 18.4 Å². The van der Waals surface area contributed by atoms with Crippen LogP contribution in [0.4, 0.5) is 8.78 Å². The van der Waals surface area contributed by atoms with E-state index in [2.05, 4.69) is 13.8 Å². The van der Waals surface area contributed by atoms with E-state index in [1.807, 2.05) is 0 Å². The van der Waals surface area contributed by atoms with Crippen molar-refractivity contribution in [2.75, 3.05) is 13.2 Å². The molecule has 0 spiro atoms. The average molecular weight is 393 g/mol. The Hall–Kier alpha value is -2.31. The summed E-state index contributed by atoms with van der Waals surface area (Å²) in [5, 5.41) is 0. The molecule has 1 aromatic rings. The van der Waals surface area contributed by atoms with Crippen molar-refractivity contribution in [1.82, 2.24) is 4.90 Å². The number of ketones is 1. The Labute approximate surface area is 163 Å². The van der Waals surface area contributed by atoms with Crippen molar-refractivity contribution in [2.45, 2.75) is 45.6 Å². The second kappa shape index (κ2) is 8.37. The van der Waals surface area contributed by atoms with Gasteiger partial charge < -0.3 is 9.64 Å². The lowest BCUT2D eigenvalue weighted by Crippen LogP contribution is -2.45. The lowest BCUT2D eigenvalue weighted by atomic mass is 9.77. The highest BCUT2D eigenvalue weighted by Crippen LogP contribution is 2.35. The number of likely N-dealkylation sites (tertiary alicyclic amines) is 1. The Morgan fingerprint density at radius 1 is 1.18 bits per heavy atom. The SMILES string of the molecule is C[C@@H]1[C@H](C)CCC[C@H]1N1C[C@H](C(=O)OCC(=O)c2ccc(F)c(F)c2)CC1=O. The Morgan fingerprint density at radius 3 is 2.64 bits per heavy atom. The van der Waals surface area contributed by atoms with Crippen LogP contribution in [-0.4, -0.2) is 41.8 Å². The van der Waals surface area contributed by atoms with Gasteiger partial charge in [0.05, 0.1) is 5.92 Å².